The number of nitrogens with zero attached hydrogens (tertiary/aromatic N) is 1. The lowest BCUT2D eigenvalue weighted by molar-refractivity contribution is -0.125. The minimum Gasteiger partial charge on any atom is -0.300 e. The molecule has 2 rings (SSSR count). The second kappa shape index (κ2) is 4.59. The Hall–Kier alpha value is -1.88. The Morgan fingerprint density at radius 1 is 1.25 bits per heavy atom. The van der Waals surface area contributed by atoms with Crippen LogP contribution in [0.4, 0.5) is 0 Å². The van der Waals surface area contributed by atoms with Crippen LogP contribution in [0.25, 0.3) is 10.4 Å². The first-order chi connectivity index (χ1) is 9.18. The first kappa shape index (κ1) is 14.5. The topological polar surface area (TPSA) is 21.4 Å². The molecule has 0 radical (unpaired) electrons. The molecule has 0 saturated heterocycles. The fourth-order valence-electron chi connectivity index (χ4n) is 2.75. The van der Waals surface area contributed by atoms with Crippen LogP contribution in [0.15, 0.2) is 30.3 Å². The SMILES string of the molecule is [C-]#[N+]C(C(=O)C(C)(C)C)C1=CC(C)(C)c2ccccc21. The average Bonchev–Trinajstić information content (AvgIpc) is 2.62. The van der Waals surface area contributed by atoms with E-state index < -0.39 is 11.5 Å². The van der Waals surface area contributed by atoms with Crippen LogP contribution in [-0.2, 0) is 10.2 Å². The van der Waals surface area contributed by atoms with Gasteiger partial charge in [0.2, 0.25) is 5.78 Å². The molecule has 0 spiro atoms. The van der Waals surface area contributed by atoms with Crippen molar-refractivity contribution >= 4 is 11.4 Å². The van der Waals surface area contributed by atoms with E-state index in [2.05, 4.69) is 30.8 Å². The van der Waals surface area contributed by atoms with Crippen LogP contribution < -0.4 is 0 Å². The zero-order chi connectivity index (χ0) is 15.1. The number of rotatable bonds is 2. The normalized spacial score (nSPS) is 17.9. The Labute approximate surface area is 121 Å². The van der Waals surface area contributed by atoms with Gasteiger partial charge in [0.25, 0.3) is 0 Å². The van der Waals surface area contributed by atoms with Gasteiger partial charge in [0.15, 0.2) is 0 Å². The van der Waals surface area contributed by atoms with E-state index in [4.69, 9.17) is 6.57 Å². The number of hydrogen-bond acceptors (Lipinski definition) is 1. The fourth-order valence-corrected chi connectivity index (χ4v) is 2.75. The Morgan fingerprint density at radius 2 is 1.85 bits per heavy atom. The van der Waals surface area contributed by atoms with E-state index >= 15 is 0 Å². The summed E-state index contributed by atoms with van der Waals surface area (Å²) < 4.78 is 0. The number of ketones is 1. The Balaban J connectivity index is 2.54. The van der Waals surface area contributed by atoms with Crippen molar-refractivity contribution in [1.29, 1.82) is 0 Å². The summed E-state index contributed by atoms with van der Waals surface area (Å²) in [5, 5.41) is 0. The molecule has 0 aliphatic heterocycles. The molecular formula is C18H21NO. The molecule has 2 nitrogen and oxygen atoms in total. The molecule has 0 aromatic heterocycles. The molecule has 20 heavy (non-hydrogen) atoms. The summed E-state index contributed by atoms with van der Waals surface area (Å²) in [5.74, 6) is -0.00810. The second-order valence-corrected chi connectivity index (χ2v) is 7.01. The van der Waals surface area contributed by atoms with Crippen molar-refractivity contribution in [3.8, 4) is 0 Å². The minimum absolute atomic E-state index is 0.00810. The summed E-state index contributed by atoms with van der Waals surface area (Å²) in [4.78, 5) is 16.2. The van der Waals surface area contributed by atoms with Crippen LogP contribution in [0.5, 0.6) is 0 Å². The molecule has 0 N–H and O–H groups in total. The molecule has 1 aromatic rings. The molecule has 1 aliphatic rings. The van der Waals surface area contributed by atoms with Gasteiger partial charge >= 0.3 is 6.04 Å². The van der Waals surface area contributed by atoms with Gasteiger partial charge in [-0.3, -0.25) is 9.64 Å². The number of benzene rings is 1. The molecule has 0 saturated carbocycles. The summed E-state index contributed by atoms with van der Waals surface area (Å²) in [7, 11) is 0. The second-order valence-electron chi connectivity index (χ2n) is 7.01. The fraction of sp³-hybridized carbons (Fsp3) is 0.444. The van der Waals surface area contributed by atoms with Crippen molar-refractivity contribution in [1.82, 2.24) is 0 Å². The van der Waals surface area contributed by atoms with E-state index in [0.29, 0.717) is 0 Å². The summed E-state index contributed by atoms with van der Waals surface area (Å²) in [6.07, 6.45) is 2.09. The Kier molecular flexibility index (Phi) is 3.34. The highest BCUT2D eigenvalue weighted by atomic mass is 16.1. The lowest BCUT2D eigenvalue weighted by atomic mass is 9.83. The summed E-state index contributed by atoms with van der Waals surface area (Å²) in [6.45, 7) is 17.3. The molecule has 104 valence electrons. The van der Waals surface area contributed by atoms with Crippen molar-refractivity contribution in [2.45, 2.75) is 46.1 Å². The lowest BCUT2D eigenvalue weighted by Gasteiger charge is -2.18. The molecular weight excluding hydrogens is 246 g/mol. The van der Waals surface area contributed by atoms with Crippen LogP contribution >= 0.6 is 0 Å². The Bertz CT molecular complexity index is 624. The number of carbonyl (C=O) groups excluding carboxylic acids is 1. The quantitative estimate of drug-likeness (QED) is 0.733. The van der Waals surface area contributed by atoms with Gasteiger partial charge in [0, 0.05) is 16.4 Å². The van der Waals surface area contributed by atoms with Crippen LogP contribution in [-0.4, -0.2) is 11.8 Å². The van der Waals surface area contributed by atoms with Crippen LogP contribution in [0, 0.1) is 12.0 Å². The van der Waals surface area contributed by atoms with Gasteiger partial charge in [0.1, 0.15) is 0 Å². The molecule has 0 fully saturated rings. The van der Waals surface area contributed by atoms with Crippen LogP contribution in [0.2, 0.25) is 0 Å². The zero-order valence-electron chi connectivity index (χ0n) is 12.8. The maximum absolute atomic E-state index is 12.5. The molecule has 2 heteroatoms. The van der Waals surface area contributed by atoms with E-state index in [1.807, 2.05) is 39.0 Å². The minimum atomic E-state index is -0.696. The summed E-state index contributed by atoms with van der Waals surface area (Å²) in [5.41, 5.74) is 2.51. The van der Waals surface area contributed by atoms with E-state index in [1.165, 1.54) is 5.56 Å². The third-order valence-electron chi connectivity index (χ3n) is 3.86. The van der Waals surface area contributed by atoms with Gasteiger partial charge in [-0.05, 0) is 11.1 Å². The molecule has 0 heterocycles. The first-order valence-corrected chi connectivity index (χ1v) is 6.92. The van der Waals surface area contributed by atoms with E-state index in [0.717, 1.165) is 11.1 Å². The van der Waals surface area contributed by atoms with Crippen LogP contribution in [0.1, 0.15) is 45.7 Å². The van der Waals surface area contributed by atoms with Crippen molar-refractivity contribution in [3.63, 3.8) is 0 Å². The molecule has 1 atom stereocenters. The van der Waals surface area contributed by atoms with Crippen molar-refractivity contribution in [2.75, 3.05) is 0 Å². The number of Topliss-reactive ketones (excluding diaryl/α,β-unsaturated/α-hetero) is 1. The van der Waals surface area contributed by atoms with Gasteiger partial charge in [-0.2, -0.15) is 0 Å². The summed E-state index contributed by atoms with van der Waals surface area (Å²) in [6, 6.07) is 7.38. The highest BCUT2D eigenvalue weighted by Crippen LogP contribution is 2.43. The van der Waals surface area contributed by atoms with Crippen molar-refractivity contribution in [3.05, 3.63) is 52.9 Å². The predicted octanol–water partition coefficient (Wildman–Crippen LogP) is 4.26. The number of carbonyl (C=O) groups is 1. The van der Waals surface area contributed by atoms with Gasteiger partial charge < -0.3 is 0 Å². The van der Waals surface area contributed by atoms with Gasteiger partial charge in [-0.15, -0.1) is 0 Å². The third-order valence-corrected chi connectivity index (χ3v) is 3.86. The average molecular weight is 267 g/mol. The largest absolute Gasteiger partial charge is 0.306 e. The summed E-state index contributed by atoms with van der Waals surface area (Å²) >= 11 is 0. The predicted molar refractivity (Wildman–Crippen MR) is 82.3 cm³/mol. The highest BCUT2D eigenvalue weighted by Gasteiger charge is 2.42. The molecule has 0 bridgehead atoms. The van der Waals surface area contributed by atoms with E-state index in [1.54, 1.807) is 0 Å². The third kappa shape index (κ3) is 2.29. The Morgan fingerprint density at radius 3 is 2.40 bits per heavy atom. The van der Waals surface area contributed by atoms with Gasteiger partial charge in [-0.25, -0.2) is 6.57 Å². The molecule has 0 amide bonds. The van der Waals surface area contributed by atoms with E-state index in [-0.39, 0.29) is 11.2 Å². The number of fused-ring (bicyclic) bond motifs is 1. The highest BCUT2D eigenvalue weighted by molar-refractivity contribution is 6.03. The van der Waals surface area contributed by atoms with Gasteiger partial charge in [-0.1, -0.05) is 65.0 Å². The standard InChI is InChI=1S/C18H21NO/c1-17(2,3)16(20)15(19-6)13-11-18(4,5)14-10-8-7-9-12(13)14/h7-11,15H,1-5H3. The number of allylic oxidation sites excluding steroid dienone is 1. The maximum Gasteiger partial charge on any atom is 0.306 e. The molecule has 1 unspecified atom stereocenters. The van der Waals surface area contributed by atoms with Crippen LogP contribution in [0.3, 0.4) is 0 Å². The van der Waals surface area contributed by atoms with Crippen molar-refractivity contribution < 1.29 is 4.79 Å². The smallest absolute Gasteiger partial charge is 0.300 e. The van der Waals surface area contributed by atoms with Gasteiger partial charge in [0.05, 0.1) is 0 Å². The lowest BCUT2D eigenvalue weighted by Crippen LogP contribution is -2.31. The first-order valence-electron chi connectivity index (χ1n) is 6.92. The van der Waals surface area contributed by atoms with E-state index in [9.17, 15) is 4.79 Å². The monoisotopic (exact) mass is 267 g/mol. The van der Waals surface area contributed by atoms with Crippen molar-refractivity contribution in [2.24, 2.45) is 5.41 Å². The zero-order valence-corrected chi connectivity index (χ0v) is 12.8. The molecule has 1 aliphatic carbocycles. The maximum atomic E-state index is 12.5. The number of hydrogen-bond donors (Lipinski definition) is 0. The molecule has 1 aromatic carbocycles.